The van der Waals surface area contributed by atoms with Gasteiger partial charge in [0.25, 0.3) is 0 Å². The lowest BCUT2D eigenvalue weighted by Crippen LogP contribution is -2.24. The van der Waals surface area contributed by atoms with Crippen molar-refractivity contribution in [1.82, 2.24) is 4.98 Å². The molecule has 0 spiro atoms. The molecule has 1 heterocycles. The van der Waals surface area contributed by atoms with E-state index in [4.69, 9.17) is 5.73 Å². The minimum absolute atomic E-state index is 0.0471. The van der Waals surface area contributed by atoms with Crippen molar-refractivity contribution >= 4 is 39.2 Å². The smallest absolute Gasteiger partial charge is 0.335 e. The Morgan fingerprint density at radius 1 is 1.11 bits per heavy atom. The molecule has 6 nitrogen and oxygen atoms in total. The number of carboxylic acid groups (broad SMARTS) is 1. The number of hydrogen-bond donors (Lipinski definition) is 3. The third kappa shape index (κ3) is 4.75. The van der Waals surface area contributed by atoms with E-state index < -0.39 is 11.9 Å². The maximum absolute atomic E-state index is 13.1. The Kier molecular flexibility index (Phi) is 6.06. The zero-order valence-electron chi connectivity index (χ0n) is 14.8. The van der Waals surface area contributed by atoms with Gasteiger partial charge in [0.1, 0.15) is 0 Å². The number of anilines is 2. The van der Waals surface area contributed by atoms with Gasteiger partial charge in [-0.05, 0) is 58.2 Å². The Bertz CT molecular complexity index is 992. The van der Waals surface area contributed by atoms with Crippen molar-refractivity contribution in [2.24, 2.45) is 0 Å². The number of aromatic nitrogens is 1. The van der Waals surface area contributed by atoms with E-state index in [9.17, 15) is 14.7 Å². The zero-order valence-corrected chi connectivity index (χ0v) is 16.4. The molecule has 0 aliphatic carbocycles. The molecule has 1 atom stereocenters. The predicted molar refractivity (Wildman–Crippen MR) is 111 cm³/mol. The van der Waals surface area contributed by atoms with Crippen LogP contribution in [0.15, 0.2) is 71.3 Å². The number of carboxylic acids is 1. The van der Waals surface area contributed by atoms with E-state index in [0.29, 0.717) is 17.8 Å². The topological polar surface area (TPSA) is 105 Å². The lowest BCUT2D eigenvalue weighted by Gasteiger charge is -2.18. The van der Waals surface area contributed by atoms with E-state index in [0.717, 1.165) is 10.0 Å². The summed E-state index contributed by atoms with van der Waals surface area (Å²) in [5.74, 6) is -1.97. The molecule has 0 saturated heterocycles. The van der Waals surface area contributed by atoms with Gasteiger partial charge >= 0.3 is 5.97 Å². The second-order valence-corrected chi connectivity index (χ2v) is 7.16. The summed E-state index contributed by atoms with van der Waals surface area (Å²) in [6.07, 6.45) is 2.08. The lowest BCUT2D eigenvalue weighted by molar-refractivity contribution is -0.117. The third-order valence-electron chi connectivity index (χ3n) is 4.26. The van der Waals surface area contributed by atoms with Crippen LogP contribution in [0.2, 0.25) is 0 Å². The van der Waals surface area contributed by atoms with E-state index in [-0.39, 0.29) is 17.2 Å². The van der Waals surface area contributed by atoms with E-state index in [1.807, 2.05) is 36.4 Å². The summed E-state index contributed by atoms with van der Waals surface area (Å²) in [5, 5.41) is 11.9. The summed E-state index contributed by atoms with van der Waals surface area (Å²) >= 11 is 3.35. The van der Waals surface area contributed by atoms with Crippen molar-refractivity contribution < 1.29 is 14.7 Å². The first-order chi connectivity index (χ1) is 13.4. The molecule has 0 saturated carbocycles. The first-order valence-corrected chi connectivity index (χ1v) is 9.32. The van der Waals surface area contributed by atoms with E-state index >= 15 is 0 Å². The maximum Gasteiger partial charge on any atom is 0.335 e. The highest BCUT2D eigenvalue weighted by Gasteiger charge is 2.23. The van der Waals surface area contributed by atoms with Gasteiger partial charge in [0.15, 0.2) is 0 Å². The van der Waals surface area contributed by atoms with Gasteiger partial charge in [-0.3, -0.25) is 9.78 Å². The van der Waals surface area contributed by atoms with Gasteiger partial charge in [-0.15, -0.1) is 0 Å². The first kappa shape index (κ1) is 19.6. The maximum atomic E-state index is 13.1. The summed E-state index contributed by atoms with van der Waals surface area (Å²) < 4.78 is 0.813. The summed E-state index contributed by atoms with van der Waals surface area (Å²) in [4.78, 5) is 28.7. The zero-order chi connectivity index (χ0) is 20.1. The fraction of sp³-hybridized carbons (Fsp3) is 0.0952. The number of benzene rings is 2. The Labute approximate surface area is 170 Å². The van der Waals surface area contributed by atoms with Crippen LogP contribution in [0, 0.1) is 0 Å². The summed E-state index contributed by atoms with van der Waals surface area (Å²) in [6.45, 7) is 0. The van der Waals surface area contributed by atoms with E-state index in [1.165, 1.54) is 18.2 Å². The van der Waals surface area contributed by atoms with Crippen molar-refractivity contribution in [3.63, 3.8) is 0 Å². The fourth-order valence-electron chi connectivity index (χ4n) is 2.79. The number of nitrogen functional groups attached to an aromatic ring is 1. The highest BCUT2D eigenvalue weighted by Crippen LogP contribution is 2.26. The highest BCUT2D eigenvalue weighted by atomic mass is 79.9. The molecular formula is C21H18BrN3O3. The Hall–Kier alpha value is -3.19. The number of amides is 1. The summed E-state index contributed by atoms with van der Waals surface area (Å²) in [7, 11) is 0. The average Bonchev–Trinajstić information content (AvgIpc) is 2.69. The second-order valence-electron chi connectivity index (χ2n) is 6.24. The van der Waals surface area contributed by atoms with Crippen molar-refractivity contribution in [2.45, 2.75) is 12.3 Å². The summed E-state index contributed by atoms with van der Waals surface area (Å²) in [5.41, 5.74) is 8.12. The Morgan fingerprint density at radius 2 is 1.86 bits per heavy atom. The molecule has 3 rings (SSSR count). The van der Waals surface area contributed by atoms with Crippen LogP contribution in [-0.4, -0.2) is 22.0 Å². The van der Waals surface area contributed by atoms with Gasteiger partial charge in [0, 0.05) is 10.7 Å². The molecule has 0 fully saturated rings. The second kappa shape index (κ2) is 8.67. The molecule has 0 aliphatic heterocycles. The van der Waals surface area contributed by atoms with Crippen molar-refractivity contribution in [1.29, 1.82) is 0 Å². The predicted octanol–water partition coefficient (Wildman–Crippen LogP) is 4.09. The number of rotatable bonds is 6. The minimum Gasteiger partial charge on any atom is -0.478 e. The molecule has 4 N–H and O–H groups in total. The molecule has 0 bridgehead atoms. The monoisotopic (exact) mass is 439 g/mol. The molecule has 0 aliphatic rings. The number of aromatic carboxylic acids is 1. The molecule has 7 heteroatoms. The van der Waals surface area contributed by atoms with Crippen molar-refractivity contribution in [2.75, 3.05) is 11.1 Å². The van der Waals surface area contributed by atoms with Gasteiger partial charge in [-0.1, -0.05) is 30.3 Å². The van der Waals surface area contributed by atoms with Crippen LogP contribution in [0.4, 0.5) is 11.4 Å². The molecule has 0 radical (unpaired) electrons. The molecular weight excluding hydrogens is 422 g/mol. The van der Waals surface area contributed by atoms with Gasteiger partial charge in [-0.25, -0.2) is 4.79 Å². The summed E-state index contributed by atoms with van der Waals surface area (Å²) in [6, 6.07) is 17.4. The van der Waals surface area contributed by atoms with E-state index in [1.54, 1.807) is 12.3 Å². The van der Waals surface area contributed by atoms with Crippen LogP contribution >= 0.6 is 15.9 Å². The number of nitrogens with zero attached hydrogens (tertiary/aromatic N) is 1. The molecule has 142 valence electrons. The molecule has 3 aromatic rings. The number of pyridine rings is 1. The number of nitrogens with one attached hydrogen (secondary N) is 1. The number of nitrogens with two attached hydrogens (primary N) is 1. The SMILES string of the molecule is Nc1ccc(C(=O)O)cc1NC(=O)C(Cc1ccccc1)c1ccc(Br)cn1. The fourth-order valence-corrected chi connectivity index (χ4v) is 3.03. The molecule has 2 aromatic carbocycles. The average molecular weight is 440 g/mol. The van der Waals surface area contributed by atoms with Crippen LogP contribution in [-0.2, 0) is 11.2 Å². The third-order valence-corrected chi connectivity index (χ3v) is 4.73. The Morgan fingerprint density at radius 3 is 2.50 bits per heavy atom. The Balaban J connectivity index is 1.91. The normalized spacial score (nSPS) is 11.6. The van der Waals surface area contributed by atoms with Crippen LogP contribution in [0.1, 0.15) is 27.5 Å². The van der Waals surface area contributed by atoms with Crippen LogP contribution < -0.4 is 11.1 Å². The van der Waals surface area contributed by atoms with Crippen LogP contribution in [0.25, 0.3) is 0 Å². The van der Waals surface area contributed by atoms with Crippen LogP contribution in [0.5, 0.6) is 0 Å². The lowest BCUT2D eigenvalue weighted by atomic mass is 9.94. The molecule has 1 aromatic heterocycles. The van der Waals surface area contributed by atoms with Crippen LogP contribution in [0.3, 0.4) is 0 Å². The quantitative estimate of drug-likeness (QED) is 0.501. The first-order valence-electron chi connectivity index (χ1n) is 8.53. The highest BCUT2D eigenvalue weighted by molar-refractivity contribution is 9.10. The number of hydrogen-bond acceptors (Lipinski definition) is 4. The minimum atomic E-state index is -1.09. The number of carbonyl (C=O) groups is 2. The van der Waals surface area contributed by atoms with Crippen molar-refractivity contribution in [3.05, 3.63) is 88.2 Å². The number of carbonyl (C=O) groups excluding carboxylic acids is 1. The van der Waals surface area contributed by atoms with Gasteiger partial charge in [-0.2, -0.15) is 0 Å². The molecule has 28 heavy (non-hydrogen) atoms. The van der Waals surface area contributed by atoms with Gasteiger partial charge in [0.2, 0.25) is 5.91 Å². The number of halogens is 1. The molecule has 1 amide bonds. The molecule has 1 unspecified atom stereocenters. The van der Waals surface area contributed by atoms with E-state index in [2.05, 4.69) is 26.2 Å². The van der Waals surface area contributed by atoms with Crippen molar-refractivity contribution in [3.8, 4) is 0 Å². The van der Waals surface area contributed by atoms with Gasteiger partial charge in [0.05, 0.1) is 28.6 Å². The standard InChI is InChI=1S/C21H18BrN3O3/c22-15-7-9-18(24-12-15)16(10-13-4-2-1-3-5-13)20(26)25-19-11-14(21(27)28)6-8-17(19)23/h1-9,11-12,16H,10,23H2,(H,25,26)(H,27,28). The largest absolute Gasteiger partial charge is 0.478 e. The van der Waals surface area contributed by atoms with Gasteiger partial charge < -0.3 is 16.2 Å².